The van der Waals surface area contributed by atoms with Gasteiger partial charge < -0.3 is 14.0 Å². The monoisotopic (exact) mass is 517 g/mol. The van der Waals surface area contributed by atoms with Gasteiger partial charge in [0.2, 0.25) is 0 Å². The lowest BCUT2D eigenvalue weighted by Gasteiger charge is -2.18. The van der Waals surface area contributed by atoms with Gasteiger partial charge in [-0.1, -0.05) is 12.1 Å². The zero-order valence-corrected chi connectivity index (χ0v) is 20.4. The predicted molar refractivity (Wildman–Crippen MR) is 135 cm³/mol. The van der Waals surface area contributed by atoms with E-state index < -0.39 is 22.4 Å². The van der Waals surface area contributed by atoms with E-state index in [0.717, 1.165) is 18.9 Å². The van der Waals surface area contributed by atoms with E-state index in [2.05, 4.69) is 9.98 Å². The molecular weight excluding hydrogens is 494 g/mol. The fourth-order valence-electron chi connectivity index (χ4n) is 4.44. The lowest BCUT2D eigenvalue weighted by atomic mass is 10.1. The zero-order valence-electron chi connectivity index (χ0n) is 20.4. The third kappa shape index (κ3) is 4.68. The van der Waals surface area contributed by atoms with Crippen molar-refractivity contribution in [2.75, 3.05) is 13.2 Å². The average molecular weight is 517 g/mol. The maximum Gasteiger partial charge on any atom is 0.341 e. The summed E-state index contributed by atoms with van der Waals surface area (Å²) in [5.74, 6) is -1.59. The SMILES string of the molecule is CCOC(=O)c1cc2c(=O)n3ccccc3nc2n(CC2CCCO2)c1=NC(=O)c1cccc([N+](=O)[O-])c1. The van der Waals surface area contributed by atoms with E-state index in [0.29, 0.717) is 12.3 Å². The second-order valence-electron chi connectivity index (χ2n) is 8.66. The summed E-state index contributed by atoms with van der Waals surface area (Å²) in [6, 6.07) is 11.6. The van der Waals surface area contributed by atoms with Crippen LogP contribution in [0.4, 0.5) is 5.69 Å². The number of benzene rings is 1. The van der Waals surface area contributed by atoms with E-state index in [9.17, 15) is 24.5 Å². The van der Waals surface area contributed by atoms with E-state index in [4.69, 9.17) is 9.47 Å². The first-order valence-corrected chi connectivity index (χ1v) is 12.0. The van der Waals surface area contributed by atoms with E-state index in [1.807, 2.05) is 0 Å². The van der Waals surface area contributed by atoms with Crippen LogP contribution in [0.5, 0.6) is 0 Å². The molecule has 3 aromatic heterocycles. The van der Waals surface area contributed by atoms with Crippen LogP contribution in [0.15, 0.2) is 64.5 Å². The summed E-state index contributed by atoms with van der Waals surface area (Å²) in [5, 5.41) is 11.4. The molecule has 1 amide bonds. The van der Waals surface area contributed by atoms with Crippen molar-refractivity contribution in [1.82, 2.24) is 14.0 Å². The van der Waals surface area contributed by atoms with Crippen LogP contribution in [0.3, 0.4) is 0 Å². The van der Waals surface area contributed by atoms with Crippen LogP contribution in [-0.2, 0) is 16.0 Å². The Balaban J connectivity index is 1.84. The topological polar surface area (TPSA) is 147 Å². The highest BCUT2D eigenvalue weighted by Gasteiger charge is 2.24. The number of hydrogen-bond donors (Lipinski definition) is 0. The highest BCUT2D eigenvalue weighted by Crippen LogP contribution is 2.18. The van der Waals surface area contributed by atoms with Crippen molar-refractivity contribution in [2.24, 2.45) is 4.99 Å². The van der Waals surface area contributed by atoms with Gasteiger partial charge in [-0.25, -0.2) is 9.78 Å². The molecule has 12 heteroatoms. The van der Waals surface area contributed by atoms with Crippen LogP contribution in [0.2, 0.25) is 0 Å². The minimum absolute atomic E-state index is 0.0377. The number of hydrogen-bond acceptors (Lipinski definition) is 8. The number of esters is 1. The summed E-state index contributed by atoms with van der Waals surface area (Å²) in [6.45, 7) is 2.41. The number of carbonyl (C=O) groups is 2. The van der Waals surface area contributed by atoms with Gasteiger partial charge in [-0.3, -0.25) is 24.1 Å². The molecule has 194 valence electrons. The molecule has 1 saturated heterocycles. The smallest absolute Gasteiger partial charge is 0.341 e. The van der Waals surface area contributed by atoms with Gasteiger partial charge in [0.05, 0.1) is 29.6 Å². The van der Waals surface area contributed by atoms with Gasteiger partial charge in [0.25, 0.3) is 17.2 Å². The average Bonchev–Trinajstić information content (AvgIpc) is 3.43. The molecule has 0 saturated carbocycles. The summed E-state index contributed by atoms with van der Waals surface area (Å²) >= 11 is 0. The fourth-order valence-corrected chi connectivity index (χ4v) is 4.44. The largest absolute Gasteiger partial charge is 0.462 e. The summed E-state index contributed by atoms with van der Waals surface area (Å²) in [7, 11) is 0. The number of amides is 1. The Kier molecular flexibility index (Phi) is 6.79. The lowest BCUT2D eigenvalue weighted by Crippen LogP contribution is -2.35. The Morgan fingerprint density at radius 1 is 1.24 bits per heavy atom. The molecule has 0 bridgehead atoms. The van der Waals surface area contributed by atoms with Crippen molar-refractivity contribution in [3.63, 3.8) is 0 Å². The minimum atomic E-state index is -0.808. The van der Waals surface area contributed by atoms with Crippen LogP contribution in [-0.4, -0.2) is 50.1 Å². The molecule has 4 aromatic rings. The van der Waals surface area contributed by atoms with Crippen LogP contribution in [0.1, 0.15) is 40.5 Å². The summed E-state index contributed by atoms with van der Waals surface area (Å²) in [4.78, 5) is 59.3. The molecule has 0 spiro atoms. The maximum absolute atomic E-state index is 13.4. The Morgan fingerprint density at radius 3 is 2.82 bits per heavy atom. The van der Waals surface area contributed by atoms with Gasteiger partial charge in [0.15, 0.2) is 5.49 Å². The Morgan fingerprint density at radius 2 is 2.08 bits per heavy atom. The molecule has 12 nitrogen and oxygen atoms in total. The first kappa shape index (κ1) is 25.0. The first-order chi connectivity index (χ1) is 18.4. The van der Waals surface area contributed by atoms with Crippen molar-refractivity contribution in [2.45, 2.75) is 32.4 Å². The second-order valence-corrected chi connectivity index (χ2v) is 8.66. The molecule has 0 aliphatic carbocycles. The Hall–Kier alpha value is -4.71. The minimum Gasteiger partial charge on any atom is -0.462 e. The fraction of sp³-hybridized carbons (Fsp3) is 0.269. The number of non-ortho nitro benzene ring substituents is 1. The molecule has 4 heterocycles. The van der Waals surface area contributed by atoms with E-state index >= 15 is 0 Å². The standard InChI is InChI=1S/C26H23N5O7/c1-2-37-26(34)20-14-19-22(27-21-10-3-4-11-29(21)25(19)33)30(15-18-9-6-12-38-18)23(20)28-24(32)16-7-5-8-17(13-16)31(35)36/h3-5,7-8,10-11,13-14,18H,2,6,9,12,15H2,1H3. The number of carbonyl (C=O) groups excluding carboxylic acids is 2. The second kappa shape index (κ2) is 10.3. The maximum atomic E-state index is 13.4. The molecule has 0 radical (unpaired) electrons. The molecule has 5 rings (SSSR count). The normalized spacial score (nSPS) is 15.7. The number of aromatic nitrogens is 3. The molecule has 1 aromatic carbocycles. The molecule has 1 aliphatic heterocycles. The van der Waals surface area contributed by atoms with Crippen molar-refractivity contribution >= 4 is 34.2 Å². The molecule has 1 aliphatic rings. The molecule has 1 atom stereocenters. The highest BCUT2D eigenvalue weighted by atomic mass is 16.6. The molecule has 1 fully saturated rings. The van der Waals surface area contributed by atoms with Crippen molar-refractivity contribution in [1.29, 1.82) is 0 Å². The highest BCUT2D eigenvalue weighted by molar-refractivity contribution is 5.97. The van der Waals surface area contributed by atoms with Crippen molar-refractivity contribution < 1.29 is 24.0 Å². The molecule has 0 N–H and O–H groups in total. The van der Waals surface area contributed by atoms with Gasteiger partial charge in [0, 0.05) is 30.5 Å². The number of nitrogens with zero attached hydrogens (tertiary/aromatic N) is 5. The van der Waals surface area contributed by atoms with Crippen molar-refractivity contribution in [3.8, 4) is 0 Å². The summed E-state index contributed by atoms with van der Waals surface area (Å²) in [6.07, 6.45) is 2.86. The first-order valence-electron chi connectivity index (χ1n) is 12.0. The lowest BCUT2D eigenvalue weighted by molar-refractivity contribution is -0.384. The van der Waals surface area contributed by atoms with Crippen LogP contribution in [0.25, 0.3) is 16.7 Å². The van der Waals surface area contributed by atoms with E-state index in [-0.39, 0.29) is 52.6 Å². The van der Waals surface area contributed by atoms with Crippen LogP contribution >= 0.6 is 0 Å². The van der Waals surface area contributed by atoms with Crippen molar-refractivity contribution in [3.05, 3.63) is 91.8 Å². The number of nitro groups is 1. The van der Waals surface area contributed by atoms with Gasteiger partial charge >= 0.3 is 5.97 Å². The van der Waals surface area contributed by atoms with Crippen LogP contribution in [0, 0.1) is 10.1 Å². The third-order valence-corrected chi connectivity index (χ3v) is 6.21. The molecule has 1 unspecified atom stereocenters. The third-order valence-electron chi connectivity index (χ3n) is 6.21. The number of rotatable bonds is 6. The number of fused-ring (bicyclic) bond motifs is 2. The van der Waals surface area contributed by atoms with E-state index in [1.165, 1.54) is 33.2 Å². The molecular formula is C26H23N5O7. The number of ether oxygens (including phenoxy) is 2. The number of nitro benzene ring substituents is 1. The van der Waals surface area contributed by atoms with Gasteiger partial charge in [-0.2, -0.15) is 4.99 Å². The van der Waals surface area contributed by atoms with Crippen LogP contribution < -0.4 is 11.0 Å². The summed E-state index contributed by atoms with van der Waals surface area (Å²) in [5.41, 5.74) is -0.316. The molecule has 38 heavy (non-hydrogen) atoms. The summed E-state index contributed by atoms with van der Waals surface area (Å²) < 4.78 is 13.9. The van der Waals surface area contributed by atoms with Gasteiger partial charge in [-0.05, 0) is 44.0 Å². The zero-order chi connectivity index (χ0) is 26.8. The quantitative estimate of drug-likeness (QED) is 0.164. The van der Waals surface area contributed by atoms with E-state index in [1.54, 1.807) is 31.3 Å². The van der Waals surface area contributed by atoms with Gasteiger partial charge in [-0.15, -0.1) is 0 Å². The predicted octanol–water partition coefficient (Wildman–Crippen LogP) is 2.65. The number of pyridine rings is 2. The van der Waals surface area contributed by atoms with Gasteiger partial charge in [0.1, 0.15) is 16.9 Å². The Labute approximate surface area is 214 Å². The Bertz CT molecular complexity index is 1720.